The van der Waals surface area contributed by atoms with Crippen molar-refractivity contribution in [3.8, 4) is 0 Å². The van der Waals surface area contributed by atoms with Crippen molar-refractivity contribution in [2.75, 3.05) is 0 Å². The topological polar surface area (TPSA) is 12.9 Å². The molecule has 88 valence electrons. The summed E-state index contributed by atoms with van der Waals surface area (Å²) >= 11 is 3.05. The fourth-order valence-electron chi connectivity index (χ4n) is 2.12. The van der Waals surface area contributed by atoms with Gasteiger partial charge in [-0.3, -0.25) is 0 Å². The van der Waals surface area contributed by atoms with Crippen LogP contribution in [0.1, 0.15) is 36.1 Å². The van der Waals surface area contributed by atoms with Crippen molar-refractivity contribution in [2.45, 2.75) is 38.3 Å². The minimum Gasteiger partial charge on any atom is -0.236 e. The first-order valence-corrected chi connectivity index (χ1v) is 6.03. The molecule has 0 unspecified atom stereocenters. The summed E-state index contributed by atoms with van der Waals surface area (Å²) in [5, 5.41) is 0. The Morgan fingerprint density at radius 2 is 1.81 bits per heavy atom. The van der Waals surface area contributed by atoms with Crippen LogP contribution in [0.2, 0.25) is 0 Å². The average Bonchev–Trinajstić information content (AvgIpc) is 2.39. The number of halogens is 4. The zero-order valence-corrected chi connectivity index (χ0v) is 10.2. The molecule has 1 aliphatic carbocycles. The van der Waals surface area contributed by atoms with Crippen LogP contribution in [-0.4, -0.2) is 4.98 Å². The summed E-state index contributed by atoms with van der Waals surface area (Å²) in [5.74, 6) is 0. The zero-order chi connectivity index (χ0) is 11.8. The maximum atomic E-state index is 12.8. The Balaban J connectivity index is 2.55. The van der Waals surface area contributed by atoms with E-state index in [1.54, 1.807) is 6.07 Å². The van der Waals surface area contributed by atoms with Crippen LogP contribution in [0.3, 0.4) is 0 Å². The lowest BCUT2D eigenvalue weighted by atomic mass is 10.0. The number of hydrogen-bond acceptors (Lipinski definition) is 1. The van der Waals surface area contributed by atoms with Gasteiger partial charge in [0.1, 0.15) is 10.3 Å². The lowest BCUT2D eigenvalue weighted by Crippen LogP contribution is -2.14. The van der Waals surface area contributed by atoms with Crippen LogP contribution in [0, 0.1) is 0 Å². The van der Waals surface area contributed by atoms with E-state index in [4.69, 9.17) is 0 Å². The van der Waals surface area contributed by atoms with Crippen LogP contribution >= 0.6 is 15.9 Å². The molecule has 0 fully saturated rings. The number of rotatable bonds is 0. The van der Waals surface area contributed by atoms with Gasteiger partial charge in [0, 0.05) is 0 Å². The summed E-state index contributed by atoms with van der Waals surface area (Å²) in [6.45, 7) is 0. The van der Waals surface area contributed by atoms with Gasteiger partial charge in [-0.05, 0) is 58.8 Å². The SMILES string of the molecule is FC(F)(F)c1nc(Br)cc2c1CCCCC2. The molecule has 0 radical (unpaired) electrons. The molecule has 1 heterocycles. The van der Waals surface area contributed by atoms with Crippen LogP contribution in [-0.2, 0) is 19.0 Å². The second-order valence-electron chi connectivity index (χ2n) is 3.99. The third kappa shape index (κ3) is 2.39. The first-order valence-electron chi connectivity index (χ1n) is 5.24. The van der Waals surface area contributed by atoms with E-state index in [2.05, 4.69) is 20.9 Å². The largest absolute Gasteiger partial charge is 0.433 e. The average molecular weight is 294 g/mol. The van der Waals surface area contributed by atoms with Gasteiger partial charge < -0.3 is 0 Å². The van der Waals surface area contributed by atoms with E-state index < -0.39 is 11.9 Å². The standard InChI is InChI=1S/C11H11BrF3N/c12-9-6-7-4-2-1-3-5-8(7)10(16-9)11(13,14)15/h6H,1-5H2. The Morgan fingerprint density at radius 3 is 2.50 bits per heavy atom. The number of aryl methyl sites for hydroxylation is 1. The van der Waals surface area contributed by atoms with Gasteiger partial charge in [0.15, 0.2) is 0 Å². The first-order chi connectivity index (χ1) is 7.48. The fourth-order valence-corrected chi connectivity index (χ4v) is 2.57. The van der Waals surface area contributed by atoms with E-state index in [0.717, 1.165) is 31.2 Å². The Kier molecular flexibility index (Phi) is 3.24. The summed E-state index contributed by atoms with van der Waals surface area (Å²) in [4.78, 5) is 3.59. The van der Waals surface area contributed by atoms with E-state index in [1.165, 1.54) is 0 Å². The molecule has 16 heavy (non-hydrogen) atoms. The second-order valence-corrected chi connectivity index (χ2v) is 4.80. The minimum absolute atomic E-state index is 0.278. The van der Waals surface area contributed by atoms with Gasteiger partial charge >= 0.3 is 6.18 Å². The molecule has 1 aromatic rings. The Bertz CT molecular complexity index is 401. The molecule has 2 rings (SSSR count). The molecular formula is C11H11BrF3N. The van der Waals surface area contributed by atoms with E-state index in [0.29, 0.717) is 12.0 Å². The minimum atomic E-state index is -4.35. The zero-order valence-electron chi connectivity index (χ0n) is 8.57. The number of nitrogens with zero attached hydrogens (tertiary/aromatic N) is 1. The van der Waals surface area contributed by atoms with Crippen molar-refractivity contribution in [3.63, 3.8) is 0 Å². The van der Waals surface area contributed by atoms with Gasteiger partial charge in [0.25, 0.3) is 0 Å². The summed E-state index contributed by atoms with van der Waals surface area (Å²) in [6, 6.07) is 1.72. The van der Waals surface area contributed by atoms with Gasteiger partial charge in [-0.2, -0.15) is 13.2 Å². The van der Waals surface area contributed by atoms with Crippen molar-refractivity contribution < 1.29 is 13.2 Å². The Morgan fingerprint density at radius 1 is 1.12 bits per heavy atom. The molecule has 0 saturated heterocycles. The second kappa shape index (κ2) is 4.35. The molecule has 5 heteroatoms. The molecule has 1 aromatic heterocycles. The number of aromatic nitrogens is 1. The Hall–Kier alpha value is -0.580. The highest BCUT2D eigenvalue weighted by atomic mass is 79.9. The molecular weight excluding hydrogens is 283 g/mol. The number of pyridine rings is 1. The monoisotopic (exact) mass is 293 g/mol. The normalized spacial score (nSPS) is 16.8. The highest BCUT2D eigenvalue weighted by Crippen LogP contribution is 2.35. The molecule has 0 bridgehead atoms. The maximum absolute atomic E-state index is 12.8. The van der Waals surface area contributed by atoms with E-state index in [-0.39, 0.29) is 4.60 Å². The Labute approximate surface area is 100 Å². The molecule has 1 nitrogen and oxygen atoms in total. The van der Waals surface area contributed by atoms with Gasteiger partial charge in [-0.1, -0.05) is 6.42 Å². The molecule has 0 N–H and O–H groups in total. The van der Waals surface area contributed by atoms with Crippen LogP contribution in [0.4, 0.5) is 13.2 Å². The van der Waals surface area contributed by atoms with Crippen LogP contribution < -0.4 is 0 Å². The van der Waals surface area contributed by atoms with E-state index in [9.17, 15) is 13.2 Å². The predicted molar refractivity (Wildman–Crippen MR) is 58.2 cm³/mol. The van der Waals surface area contributed by atoms with Gasteiger partial charge in [0.2, 0.25) is 0 Å². The van der Waals surface area contributed by atoms with Crippen LogP contribution in [0.5, 0.6) is 0 Å². The summed E-state index contributed by atoms with van der Waals surface area (Å²) in [6.07, 6.45) is -0.369. The molecule has 0 saturated carbocycles. The molecule has 0 spiro atoms. The number of fused-ring (bicyclic) bond motifs is 1. The molecule has 0 aliphatic heterocycles. The van der Waals surface area contributed by atoms with Crippen LogP contribution in [0.15, 0.2) is 10.7 Å². The van der Waals surface area contributed by atoms with Gasteiger partial charge in [-0.25, -0.2) is 4.98 Å². The fraction of sp³-hybridized carbons (Fsp3) is 0.545. The predicted octanol–water partition coefficient (Wildman–Crippen LogP) is 4.13. The van der Waals surface area contributed by atoms with Crippen LogP contribution in [0.25, 0.3) is 0 Å². The molecule has 0 amide bonds. The van der Waals surface area contributed by atoms with Crippen molar-refractivity contribution in [3.05, 3.63) is 27.5 Å². The van der Waals surface area contributed by atoms with E-state index >= 15 is 0 Å². The molecule has 0 atom stereocenters. The first kappa shape index (κ1) is 11.9. The van der Waals surface area contributed by atoms with Crippen molar-refractivity contribution in [2.24, 2.45) is 0 Å². The van der Waals surface area contributed by atoms with Gasteiger partial charge in [0.05, 0.1) is 0 Å². The smallest absolute Gasteiger partial charge is 0.236 e. The quantitative estimate of drug-likeness (QED) is 0.518. The van der Waals surface area contributed by atoms with Crippen molar-refractivity contribution in [1.29, 1.82) is 0 Å². The third-order valence-corrected chi connectivity index (χ3v) is 3.23. The number of hydrogen-bond donors (Lipinski definition) is 0. The molecule has 1 aliphatic rings. The highest BCUT2D eigenvalue weighted by Gasteiger charge is 2.36. The third-order valence-electron chi connectivity index (χ3n) is 2.83. The van der Waals surface area contributed by atoms with Gasteiger partial charge in [-0.15, -0.1) is 0 Å². The summed E-state index contributed by atoms with van der Waals surface area (Å²) in [5.41, 5.74) is 0.485. The molecule has 0 aromatic carbocycles. The lowest BCUT2D eigenvalue weighted by molar-refractivity contribution is -0.142. The maximum Gasteiger partial charge on any atom is 0.433 e. The summed E-state index contributed by atoms with van der Waals surface area (Å²) in [7, 11) is 0. The van der Waals surface area contributed by atoms with Crippen molar-refractivity contribution in [1.82, 2.24) is 4.98 Å². The highest BCUT2D eigenvalue weighted by molar-refractivity contribution is 9.10. The number of alkyl halides is 3. The summed E-state index contributed by atoms with van der Waals surface area (Å²) < 4.78 is 38.7. The lowest BCUT2D eigenvalue weighted by Gasteiger charge is -2.14. The van der Waals surface area contributed by atoms with Crippen molar-refractivity contribution >= 4 is 15.9 Å². The van der Waals surface area contributed by atoms with E-state index in [1.807, 2.05) is 0 Å².